The molecule has 1 spiro atoms. The summed E-state index contributed by atoms with van der Waals surface area (Å²) in [4.78, 5) is 14.8. The second-order valence-electron chi connectivity index (χ2n) is 8.30. The molecule has 0 aliphatic carbocycles. The lowest BCUT2D eigenvalue weighted by Gasteiger charge is -2.48. The summed E-state index contributed by atoms with van der Waals surface area (Å²) in [5.74, 6) is 0.179. The Hall–Kier alpha value is -1.85. The highest BCUT2D eigenvalue weighted by molar-refractivity contribution is 5.89. The zero-order chi connectivity index (χ0) is 18.4. The van der Waals surface area contributed by atoms with Crippen molar-refractivity contribution >= 4 is 16.8 Å². The van der Waals surface area contributed by atoms with Gasteiger partial charge in [0.1, 0.15) is 0 Å². The Morgan fingerprint density at radius 3 is 2.69 bits per heavy atom. The van der Waals surface area contributed by atoms with Gasteiger partial charge in [-0.25, -0.2) is 0 Å². The first-order valence-corrected chi connectivity index (χ1v) is 9.55. The van der Waals surface area contributed by atoms with Crippen molar-refractivity contribution in [2.24, 2.45) is 7.05 Å². The Balaban J connectivity index is 1.42. The Morgan fingerprint density at radius 1 is 1.23 bits per heavy atom. The van der Waals surface area contributed by atoms with Gasteiger partial charge in [0, 0.05) is 43.7 Å². The largest absolute Gasteiger partial charge is 0.390 e. The number of fused-ring (bicyclic) bond motifs is 1. The number of carbonyl (C=O) groups excluding carboxylic acids is 1. The van der Waals surface area contributed by atoms with E-state index < -0.39 is 5.60 Å². The minimum Gasteiger partial charge on any atom is -0.390 e. The van der Waals surface area contributed by atoms with Crippen molar-refractivity contribution in [2.75, 3.05) is 19.7 Å². The van der Waals surface area contributed by atoms with E-state index in [0.29, 0.717) is 39.0 Å². The summed E-state index contributed by atoms with van der Waals surface area (Å²) in [6, 6.07) is 8.21. The Labute approximate surface area is 154 Å². The van der Waals surface area contributed by atoms with E-state index in [1.54, 1.807) is 0 Å². The standard InChI is InChI=1S/C21H28N2O3/c1-20(25)9-12-26-21(15-20)7-10-23(11-8-21)19(24)13-16-14-22(2)18-6-4-3-5-17(16)18/h3-6,14,25H,7-13,15H2,1-2H3. The van der Waals surface area contributed by atoms with Gasteiger partial charge >= 0.3 is 0 Å². The van der Waals surface area contributed by atoms with E-state index in [4.69, 9.17) is 4.74 Å². The third-order valence-electron chi connectivity index (χ3n) is 6.10. The summed E-state index contributed by atoms with van der Waals surface area (Å²) in [5, 5.41) is 11.6. The van der Waals surface area contributed by atoms with Crippen molar-refractivity contribution in [3.63, 3.8) is 0 Å². The zero-order valence-corrected chi connectivity index (χ0v) is 15.7. The van der Waals surface area contributed by atoms with Gasteiger partial charge in [-0.3, -0.25) is 4.79 Å². The van der Waals surface area contributed by atoms with Gasteiger partial charge in [0.15, 0.2) is 0 Å². The highest BCUT2D eigenvalue weighted by Crippen LogP contribution is 2.39. The number of para-hydroxylation sites is 1. The van der Waals surface area contributed by atoms with Gasteiger partial charge in [0.05, 0.1) is 24.2 Å². The van der Waals surface area contributed by atoms with Crippen molar-refractivity contribution < 1.29 is 14.6 Å². The fourth-order valence-corrected chi connectivity index (χ4v) is 4.65. The van der Waals surface area contributed by atoms with E-state index in [1.165, 1.54) is 0 Å². The summed E-state index contributed by atoms with van der Waals surface area (Å²) in [7, 11) is 2.02. The molecule has 5 heteroatoms. The van der Waals surface area contributed by atoms with E-state index in [2.05, 4.69) is 22.9 Å². The van der Waals surface area contributed by atoms with E-state index in [9.17, 15) is 9.90 Å². The van der Waals surface area contributed by atoms with Crippen LogP contribution in [-0.4, -0.2) is 51.4 Å². The Kier molecular flexibility index (Phi) is 4.32. The van der Waals surface area contributed by atoms with Gasteiger partial charge in [-0.1, -0.05) is 18.2 Å². The molecule has 1 aromatic heterocycles. The molecule has 1 unspecified atom stereocenters. The number of amides is 1. The highest BCUT2D eigenvalue weighted by atomic mass is 16.5. The van der Waals surface area contributed by atoms with Crippen molar-refractivity contribution in [2.45, 2.75) is 50.2 Å². The van der Waals surface area contributed by atoms with Gasteiger partial charge in [-0.2, -0.15) is 0 Å². The number of carbonyl (C=O) groups is 1. The van der Waals surface area contributed by atoms with Gasteiger partial charge in [0.25, 0.3) is 0 Å². The number of aliphatic hydroxyl groups is 1. The normalized spacial score (nSPS) is 25.7. The first kappa shape index (κ1) is 17.6. The van der Waals surface area contributed by atoms with Gasteiger partial charge in [0.2, 0.25) is 5.91 Å². The molecule has 1 amide bonds. The predicted octanol–water partition coefficient (Wildman–Crippen LogP) is 2.64. The van der Waals surface area contributed by atoms with Crippen LogP contribution in [0.25, 0.3) is 10.9 Å². The molecule has 1 N–H and O–H groups in total. The van der Waals surface area contributed by atoms with Gasteiger partial charge < -0.3 is 19.3 Å². The maximum Gasteiger partial charge on any atom is 0.227 e. The lowest BCUT2D eigenvalue weighted by molar-refractivity contribution is -0.175. The summed E-state index contributed by atoms with van der Waals surface area (Å²) >= 11 is 0. The molecule has 1 aromatic carbocycles. The number of aromatic nitrogens is 1. The molecular weight excluding hydrogens is 328 g/mol. The molecule has 0 bridgehead atoms. The molecule has 2 aromatic rings. The third kappa shape index (κ3) is 3.26. The van der Waals surface area contributed by atoms with Crippen LogP contribution in [0.5, 0.6) is 0 Å². The number of benzene rings is 1. The number of nitrogens with zero attached hydrogens (tertiary/aromatic N) is 2. The zero-order valence-electron chi connectivity index (χ0n) is 15.7. The predicted molar refractivity (Wildman–Crippen MR) is 101 cm³/mol. The molecule has 1 atom stereocenters. The van der Waals surface area contributed by atoms with E-state index in [0.717, 1.165) is 29.3 Å². The van der Waals surface area contributed by atoms with Crippen molar-refractivity contribution in [1.29, 1.82) is 0 Å². The number of hydrogen-bond donors (Lipinski definition) is 1. The molecule has 2 fully saturated rings. The van der Waals surface area contributed by atoms with Crippen molar-refractivity contribution in [3.05, 3.63) is 36.0 Å². The third-order valence-corrected chi connectivity index (χ3v) is 6.10. The molecule has 26 heavy (non-hydrogen) atoms. The molecule has 2 aliphatic heterocycles. The van der Waals surface area contributed by atoms with Crippen LogP contribution in [0.1, 0.15) is 38.2 Å². The molecular formula is C21H28N2O3. The maximum absolute atomic E-state index is 12.8. The second kappa shape index (κ2) is 6.39. The minimum absolute atomic E-state index is 0.179. The SMILES string of the molecule is Cn1cc(CC(=O)N2CCC3(CC2)CC(C)(O)CCO3)c2ccccc21. The van der Waals surface area contributed by atoms with Crippen LogP contribution in [0, 0.1) is 0 Å². The minimum atomic E-state index is -0.645. The topological polar surface area (TPSA) is 54.7 Å². The molecule has 2 aliphatic rings. The Bertz CT molecular complexity index is 816. The van der Waals surface area contributed by atoms with Crippen LogP contribution in [-0.2, 0) is 23.0 Å². The number of ether oxygens (including phenoxy) is 1. The smallest absolute Gasteiger partial charge is 0.227 e. The molecule has 3 heterocycles. The highest BCUT2D eigenvalue weighted by Gasteiger charge is 2.44. The van der Waals surface area contributed by atoms with E-state index in [1.807, 2.05) is 31.0 Å². The quantitative estimate of drug-likeness (QED) is 0.900. The van der Waals surface area contributed by atoms with E-state index in [-0.39, 0.29) is 11.5 Å². The molecule has 0 saturated carbocycles. The molecule has 2 saturated heterocycles. The van der Waals surface area contributed by atoms with Crippen LogP contribution < -0.4 is 0 Å². The Morgan fingerprint density at radius 2 is 1.96 bits per heavy atom. The lowest BCUT2D eigenvalue weighted by Crippen LogP contribution is -2.54. The average molecular weight is 356 g/mol. The number of likely N-dealkylation sites (tertiary alicyclic amines) is 1. The number of rotatable bonds is 2. The summed E-state index contributed by atoms with van der Waals surface area (Å²) in [6.07, 6.45) is 5.49. The van der Waals surface area contributed by atoms with Gasteiger partial charge in [-0.15, -0.1) is 0 Å². The van der Waals surface area contributed by atoms with Gasteiger partial charge in [-0.05, 0) is 37.8 Å². The first-order valence-electron chi connectivity index (χ1n) is 9.55. The lowest BCUT2D eigenvalue weighted by atomic mass is 9.78. The average Bonchev–Trinajstić information content (AvgIpc) is 2.91. The van der Waals surface area contributed by atoms with Crippen molar-refractivity contribution in [1.82, 2.24) is 9.47 Å². The first-order chi connectivity index (χ1) is 12.4. The summed E-state index contributed by atoms with van der Waals surface area (Å²) in [5.41, 5.74) is 1.35. The van der Waals surface area contributed by atoms with Crippen molar-refractivity contribution in [3.8, 4) is 0 Å². The van der Waals surface area contributed by atoms with Crippen LogP contribution in [0.3, 0.4) is 0 Å². The monoisotopic (exact) mass is 356 g/mol. The van der Waals surface area contributed by atoms with Crippen LogP contribution in [0.15, 0.2) is 30.5 Å². The summed E-state index contributed by atoms with van der Waals surface area (Å²) < 4.78 is 8.13. The van der Waals surface area contributed by atoms with Crippen LogP contribution in [0.4, 0.5) is 0 Å². The summed E-state index contributed by atoms with van der Waals surface area (Å²) in [6.45, 7) is 3.92. The number of aryl methyl sites for hydroxylation is 1. The fourth-order valence-electron chi connectivity index (χ4n) is 4.65. The number of hydrogen-bond acceptors (Lipinski definition) is 3. The maximum atomic E-state index is 12.8. The molecule has 4 rings (SSSR count). The molecule has 140 valence electrons. The molecule has 5 nitrogen and oxygen atoms in total. The van der Waals surface area contributed by atoms with Crippen LogP contribution in [0.2, 0.25) is 0 Å². The fraction of sp³-hybridized carbons (Fsp3) is 0.571. The van der Waals surface area contributed by atoms with E-state index >= 15 is 0 Å². The molecule has 0 radical (unpaired) electrons. The number of piperidine rings is 1. The second-order valence-corrected chi connectivity index (χ2v) is 8.30. The van der Waals surface area contributed by atoms with Crippen LogP contribution >= 0.6 is 0 Å².